The van der Waals surface area contributed by atoms with Gasteiger partial charge in [-0.2, -0.15) is 0 Å². The molecule has 22 heavy (non-hydrogen) atoms. The van der Waals surface area contributed by atoms with Gasteiger partial charge in [-0.25, -0.2) is 9.03 Å². The van der Waals surface area contributed by atoms with Gasteiger partial charge < -0.3 is 16.4 Å². The Balaban J connectivity index is 1.81. The van der Waals surface area contributed by atoms with E-state index in [1.165, 1.54) is 11.9 Å². The molecule has 1 aromatic rings. The van der Waals surface area contributed by atoms with Crippen molar-refractivity contribution in [3.63, 3.8) is 0 Å². The molecule has 0 aliphatic carbocycles. The van der Waals surface area contributed by atoms with Crippen molar-refractivity contribution in [3.05, 3.63) is 41.2 Å². The summed E-state index contributed by atoms with van der Waals surface area (Å²) in [6.45, 7) is 7.95. The molecule has 1 fully saturated rings. The fourth-order valence-corrected chi connectivity index (χ4v) is 3.08. The number of nitrogens with two attached hydrogens (primary N) is 2. The molecule has 122 valence electrons. The topological polar surface area (TPSA) is 70.5 Å². The van der Waals surface area contributed by atoms with E-state index in [9.17, 15) is 0 Å². The van der Waals surface area contributed by atoms with E-state index < -0.39 is 0 Å². The summed E-state index contributed by atoms with van der Waals surface area (Å²) in [6, 6.07) is 8.01. The highest BCUT2D eigenvalue weighted by molar-refractivity contribution is 7.95. The molecule has 0 bridgehead atoms. The molecule has 0 unspecified atom stereocenters. The van der Waals surface area contributed by atoms with Crippen LogP contribution in [-0.4, -0.2) is 36.0 Å². The van der Waals surface area contributed by atoms with Crippen molar-refractivity contribution < 1.29 is 0 Å². The van der Waals surface area contributed by atoms with Crippen molar-refractivity contribution in [2.24, 2.45) is 11.5 Å². The van der Waals surface area contributed by atoms with E-state index in [0.29, 0.717) is 5.70 Å². The smallest absolute Gasteiger partial charge is 0.0645 e. The second-order valence-electron chi connectivity index (χ2n) is 5.83. The maximum Gasteiger partial charge on any atom is 0.0645 e. The van der Waals surface area contributed by atoms with Gasteiger partial charge in [-0.3, -0.25) is 0 Å². The van der Waals surface area contributed by atoms with Crippen molar-refractivity contribution >= 4 is 29.4 Å². The second kappa shape index (κ2) is 7.46. The number of hydrogen-bond acceptors (Lipinski definition) is 6. The highest BCUT2D eigenvalue weighted by Gasteiger charge is 2.24. The molecule has 7 heteroatoms. The zero-order chi connectivity index (χ0) is 16.2. The van der Waals surface area contributed by atoms with Gasteiger partial charge in [-0.1, -0.05) is 11.6 Å². The van der Waals surface area contributed by atoms with Crippen molar-refractivity contribution in [1.29, 1.82) is 0 Å². The van der Waals surface area contributed by atoms with E-state index in [-0.39, 0.29) is 5.54 Å². The summed E-state index contributed by atoms with van der Waals surface area (Å²) in [5, 5.41) is 0.773. The summed E-state index contributed by atoms with van der Waals surface area (Å²) in [4.78, 5) is 2.37. The summed E-state index contributed by atoms with van der Waals surface area (Å²) < 4.78 is 5.68. The summed E-state index contributed by atoms with van der Waals surface area (Å²) in [5.41, 5.74) is 12.9. The van der Waals surface area contributed by atoms with Crippen molar-refractivity contribution in [3.8, 4) is 0 Å². The van der Waals surface area contributed by atoms with Gasteiger partial charge in [0.2, 0.25) is 0 Å². The predicted molar refractivity (Wildman–Crippen MR) is 96.5 cm³/mol. The Morgan fingerprint density at radius 3 is 2.36 bits per heavy atom. The third-order valence-corrected chi connectivity index (χ3v) is 5.24. The van der Waals surface area contributed by atoms with Crippen molar-refractivity contribution in [2.45, 2.75) is 19.4 Å². The highest BCUT2D eigenvalue weighted by atomic mass is 35.5. The number of rotatable bonds is 5. The Kier molecular flexibility index (Phi) is 5.86. The Bertz CT molecular complexity index is 509. The molecule has 1 saturated heterocycles. The SMILES string of the molecule is CC(C)(NSN1CCN(c2ccc(Cl)cc2)CC1)/C(N)=C/N. The van der Waals surface area contributed by atoms with Crippen LogP contribution in [0.15, 0.2) is 36.2 Å². The fourth-order valence-electron chi connectivity index (χ4n) is 2.14. The molecule has 0 amide bonds. The molecule has 0 spiro atoms. The molecule has 2 rings (SSSR count). The van der Waals surface area contributed by atoms with Gasteiger partial charge in [0, 0.05) is 60.9 Å². The van der Waals surface area contributed by atoms with Crippen LogP contribution in [0.5, 0.6) is 0 Å². The maximum atomic E-state index is 5.93. The lowest BCUT2D eigenvalue weighted by atomic mass is 10.0. The Hall–Kier alpha value is -1.08. The van der Waals surface area contributed by atoms with Gasteiger partial charge in [0.1, 0.15) is 0 Å². The predicted octanol–water partition coefficient (Wildman–Crippen LogP) is 2.15. The number of halogens is 1. The third kappa shape index (κ3) is 4.46. The summed E-state index contributed by atoms with van der Waals surface area (Å²) in [7, 11) is 0. The minimum absolute atomic E-state index is 0.327. The molecular formula is C15H24ClN5S. The first kappa shape index (κ1) is 17.3. The minimum Gasteiger partial charge on any atom is -0.403 e. The molecular weight excluding hydrogens is 318 g/mol. The third-order valence-electron chi connectivity index (χ3n) is 3.76. The zero-order valence-corrected chi connectivity index (χ0v) is 14.6. The van der Waals surface area contributed by atoms with Crippen molar-refractivity contribution in [2.75, 3.05) is 31.1 Å². The molecule has 5 nitrogen and oxygen atoms in total. The van der Waals surface area contributed by atoms with Gasteiger partial charge >= 0.3 is 0 Å². The second-order valence-corrected chi connectivity index (χ2v) is 7.17. The number of benzene rings is 1. The van der Waals surface area contributed by atoms with Crippen LogP contribution in [0.1, 0.15) is 13.8 Å². The highest BCUT2D eigenvalue weighted by Crippen LogP contribution is 2.22. The quantitative estimate of drug-likeness (QED) is 0.713. The summed E-state index contributed by atoms with van der Waals surface area (Å²) >= 11 is 7.54. The van der Waals surface area contributed by atoms with Gasteiger partial charge in [-0.15, -0.1) is 0 Å². The van der Waals surface area contributed by atoms with Crippen molar-refractivity contribution in [1.82, 2.24) is 9.03 Å². The number of nitrogens with one attached hydrogen (secondary N) is 1. The summed E-state index contributed by atoms with van der Waals surface area (Å²) in [6.07, 6.45) is 1.45. The monoisotopic (exact) mass is 341 g/mol. The summed E-state index contributed by atoms with van der Waals surface area (Å²) in [5.74, 6) is 0. The van der Waals surface area contributed by atoms with E-state index in [4.69, 9.17) is 23.1 Å². The lowest BCUT2D eigenvalue weighted by molar-refractivity contribution is 0.420. The van der Waals surface area contributed by atoms with E-state index in [1.807, 2.05) is 26.0 Å². The Morgan fingerprint density at radius 2 is 1.82 bits per heavy atom. The molecule has 0 atom stereocenters. The van der Waals surface area contributed by atoms with Crippen LogP contribution < -0.4 is 21.1 Å². The first-order chi connectivity index (χ1) is 10.4. The standard InChI is InChI=1S/C15H24ClN5S/c1-15(2,14(18)11-17)19-22-21-9-7-20(8-10-21)13-5-3-12(16)4-6-13/h3-6,11,19H,7-10,17-18H2,1-2H3/b14-11-. The molecule has 0 radical (unpaired) electrons. The van der Waals surface area contributed by atoms with Crippen LogP contribution >= 0.6 is 23.7 Å². The molecule has 1 aliphatic heterocycles. The van der Waals surface area contributed by atoms with Crippen LogP contribution in [-0.2, 0) is 0 Å². The number of piperazine rings is 1. The lowest BCUT2D eigenvalue weighted by Crippen LogP contribution is -2.47. The lowest BCUT2D eigenvalue weighted by Gasteiger charge is -2.37. The van der Waals surface area contributed by atoms with Crippen LogP contribution in [0.2, 0.25) is 5.02 Å². The van der Waals surface area contributed by atoms with Crippen LogP contribution in [0.4, 0.5) is 5.69 Å². The van der Waals surface area contributed by atoms with Gasteiger partial charge in [0.05, 0.1) is 5.54 Å². The van der Waals surface area contributed by atoms with E-state index >= 15 is 0 Å². The number of nitrogens with zero attached hydrogens (tertiary/aromatic N) is 2. The molecule has 0 saturated carbocycles. The Morgan fingerprint density at radius 1 is 1.23 bits per heavy atom. The number of hydrogen-bond donors (Lipinski definition) is 3. The van der Waals surface area contributed by atoms with Crippen LogP contribution in [0.25, 0.3) is 0 Å². The molecule has 1 aromatic carbocycles. The average molecular weight is 342 g/mol. The first-order valence-electron chi connectivity index (χ1n) is 7.30. The largest absolute Gasteiger partial charge is 0.403 e. The zero-order valence-electron chi connectivity index (χ0n) is 13.1. The van der Waals surface area contributed by atoms with E-state index in [1.54, 1.807) is 12.1 Å². The van der Waals surface area contributed by atoms with Gasteiger partial charge in [-0.05, 0) is 38.1 Å². The van der Waals surface area contributed by atoms with Crippen LogP contribution in [0, 0.1) is 0 Å². The molecule has 5 N–H and O–H groups in total. The molecule has 0 aromatic heterocycles. The van der Waals surface area contributed by atoms with E-state index in [0.717, 1.165) is 31.2 Å². The fraction of sp³-hybridized carbons (Fsp3) is 0.467. The normalized spacial score (nSPS) is 17.8. The van der Waals surface area contributed by atoms with Crippen LogP contribution in [0.3, 0.4) is 0 Å². The van der Waals surface area contributed by atoms with E-state index in [2.05, 4.69) is 26.1 Å². The van der Waals surface area contributed by atoms with Gasteiger partial charge in [0.25, 0.3) is 0 Å². The molecule has 1 aliphatic rings. The molecule has 1 heterocycles. The maximum absolute atomic E-state index is 5.93. The average Bonchev–Trinajstić information content (AvgIpc) is 2.53. The number of anilines is 1. The van der Waals surface area contributed by atoms with Gasteiger partial charge in [0.15, 0.2) is 0 Å². The Labute approximate surface area is 141 Å². The minimum atomic E-state index is -0.327. The first-order valence-corrected chi connectivity index (χ1v) is 8.45.